The van der Waals surface area contributed by atoms with Gasteiger partial charge in [0.25, 0.3) is 0 Å². The first-order chi connectivity index (χ1) is 17.0. The summed E-state index contributed by atoms with van der Waals surface area (Å²) in [5, 5.41) is 14.5. The molecule has 0 amide bonds. The first-order valence-corrected chi connectivity index (χ1v) is 13.2. The van der Waals surface area contributed by atoms with Gasteiger partial charge in [-0.3, -0.25) is 4.98 Å². The quantitative estimate of drug-likeness (QED) is 0.219. The Morgan fingerprint density at radius 2 is 1.94 bits per heavy atom. The van der Waals surface area contributed by atoms with Gasteiger partial charge in [0.2, 0.25) is 0 Å². The number of halogens is 6. The molecule has 0 aliphatic carbocycles. The van der Waals surface area contributed by atoms with E-state index < -0.39 is 67.8 Å². The van der Waals surface area contributed by atoms with Gasteiger partial charge in [0.1, 0.15) is 0 Å². The van der Waals surface area contributed by atoms with E-state index in [1.807, 2.05) is 0 Å². The minimum Gasteiger partial charge on any atom is -0.491 e. The summed E-state index contributed by atoms with van der Waals surface area (Å²) in [4.78, 5) is 4.37. The van der Waals surface area contributed by atoms with Gasteiger partial charge in [-0.15, -0.1) is 3.25 Å². The Morgan fingerprint density at radius 1 is 1.17 bits per heavy atom. The summed E-state index contributed by atoms with van der Waals surface area (Å²) < 4.78 is 85.7. The predicted molar refractivity (Wildman–Crippen MR) is 136 cm³/mol. The van der Waals surface area contributed by atoms with Crippen molar-refractivity contribution in [2.24, 2.45) is 6.46 Å². The predicted octanol–water partition coefficient (Wildman–Crippen LogP) is 5.95. The second kappa shape index (κ2) is 10.4. The van der Waals surface area contributed by atoms with Crippen molar-refractivity contribution in [2.75, 3.05) is 18.2 Å². The smallest absolute Gasteiger partial charge is 0.420 e. The molecule has 0 fully saturated rings. The second-order valence-corrected chi connectivity index (χ2v) is 10.1. The lowest BCUT2D eigenvalue weighted by molar-refractivity contribution is -0.256. The lowest BCUT2D eigenvalue weighted by atomic mass is 9.88. The summed E-state index contributed by atoms with van der Waals surface area (Å²) >= 11 is -0.340. The zero-order chi connectivity index (χ0) is 26.1. The number of alkyl halides is 3. The molecule has 7 nitrogen and oxygen atoms in total. The van der Waals surface area contributed by atoms with Gasteiger partial charge in [-0.05, 0) is 37.3 Å². The lowest BCUT2D eigenvalue weighted by Crippen LogP contribution is -2.55. The van der Waals surface area contributed by atoms with E-state index >= 15 is 4.39 Å². The first-order valence-electron chi connectivity index (χ1n) is 10.3. The highest BCUT2D eigenvalue weighted by Gasteiger charge is 2.60. The average Bonchev–Trinajstić information content (AvgIpc) is 3.35. The standard InChI is InChI=1S/C22H19F5IN5O2S/c1-11-6-7-12-15(29-11)4-3-5-16(12)30-19(13-8-9-14(23)18(35-2)17(13)24)21(34,22(25,26)27)10-36-20-31-28-33-32-20/h3-9,19,30,34H,10H2,1-2H3,(H,31,32,33). The van der Waals surface area contributed by atoms with Crippen LogP contribution >= 0.6 is 33.1 Å². The Kier molecular flexibility index (Phi) is 7.66. The number of aliphatic hydroxyl groups is 1. The number of ether oxygens (including phenoxy) is 1. The molecule has 3 N–H and O–H groups in total. The van der Waals surface area contributed by atoms with Gasteiger partial charge in [-0.1, -0.05) is 23.9 Å². The highest BCUT2D eigenvalue weighted by molar-refractivity contribution is 14.1. The van der Waals surface area contributed by atoms with Crippen molar-refractivity contribution < 1.29 is 31.8 Å². The number of thioether (sulfide) groups is 1. The van der Waals surface area contributed by atoms with Crippen LogP contribution in [-0.2, 0) is 0 Å². The Hall–Kier alpha value is -2.59. The fraction of sp³-hybridized carbons (Fsp3) is 0.273. The molecule has 0 saturated carbocycles. The lowest BCUT2D eigenvalue weighted by Gasteiger charge is -2.39. The number of pyridine rings is 1. The molecule has 0 bridgehead atoms. The molecule has 1 aliphatic rings. The molecule has 4 rings (SSSR count). The average molecular weight is 639 g/mol. The number of nitrogens with zero attached hydrogens (tertiary/aromatic N) is 3. The Bertz CT molecular complexity index is 1360. The van der Waals surface area contributed by atoms with Gasteiger partial charge in [-0.2, -0.15) is 16.4 Å². The number of amidine groups is 1. The van der Waals surface area contributed by atoms with Crippen LogP contribution in [0.25, 0.3) is 10.9 Å². The normalized spacial score (nSPS) is 16.1. The van der Waals surface area contributed by atoms with E-state index in [0.717, 1.165) is 19.2 Å². The maximum Gasteiger partial charge on any atom is 0.420 e. The summed E-state index contributed by atoms with van der Waals surface area (Å²) in [6, 6.07) is 7.59. The summed E-state index contributed by atoms with van der Waals surface area (Å²) in [6.45, 7) is 1.76. The van der Waals surface area contributed by atoms with Crippen LogP contribution in [0.15, 0.2) is 48.9 Å². The molecular formula is C22H19F5IN5O2S. The highest BCUT2D eigenvalue weighted by atomic mass is 127. The number of benzene rings is 2. The van der Waals surface area contributed by atoms with Crippen LogP contribution in [0.3, 0.4) is 0 Å². The van der Waals surface area contributed by atoms with Gasteiger partial charge >= 0.3 is 6.18 Å². The molecule has 1 aliphatic heterocycles. The maximum atomic E-state index is 15.4. The zero-order valence-electron chi connectivity index (χ0n) is 18.7. The molecular weight excluding hydrogens is 620 g/mol. The Labute approximate surface area is 217 Å². The fourth-order valence-electron chi connectivity index (χ4n) is 3.64. The topological polar surface area (TPSA) is 91.1 Å². The van der Waals surface area contributed by atoms with E-state index in [-0.39, 0.29) is 10.9 Å². The van der Waals surface area contributed by atoms with Crippen LogP contribution in [0.2, 0.25) is 0 Å². The van der Waals surface area contributed by atoms with Crippen molar-refractivity contribution in [3.05, 3.63) is 65.4 Å². The van der Waals surface area contributed by atoms with Crippen LogP contribution in [0.5, 0.6) is 5.75 Å². The summed E-state index contributed by atoms with van der Waals surface area (Å²) in [5.74, 6) is -4.28. The second-order valence-electron chi connectivity index (χ2n) is 7.76. The van der Waals surface area contributed by atoms with Crippen molar-refractivity contribution in [1.29, 1.82) is 0 Å². The number of methoxy groups -OCH3 is 1. The molecule has 2 unspecified atom stereocenters. The van der Waals surface area contributed by atoms with Crippen LogP contribution in [0.4, 0.5) is 27.6 Å². The van der Waals surface area contributed by atoms with Gasteiger partial charge in [0, 0.05) is 28.1 Å². The van der Waals surface area contributed by atoms with Crippen molar-refractivity contribution >= 4 is 54.8 Å². The highest BCUT2D eigenvalue weighted by Crippen LogP contribution is 2.46. The molecule has 192 valence electrons. The molecule has 3 aromatic rings. The number of fused-ring (bicyclic) bond motifs is 1. The minimum atomic E-state index is -5.24. The molecule has 36 heavy (non-hydrogen) atoms. The van der Waals surface area contributed by atoms with Crippen molar-refractivity contribution in [1.82, 2.24) is 10.4 Å². The van der Waals surface area contributed by atoms with E-state index in [1.54, 1.807) is 31.2 Å². The molecule has 0 spiro atoms. The van der Waals surface area contributed by atoms with E-state index in [4.69, 9.17) is 4.74 Å². The Morgan fingerprint density at radius 3 is 2.61 bits per heavy atom. The number of hydrogen-bond acceptors (Lipinski definition) is 8. The molecule has 0 radical (unpaired) electrons. The van der Waals surface area contributed by atoms with Gasteiger partial charge in [0.15, 0.2) is 49.5 Å². The number of aryl methyl sites for hydroxylation is 1. The van der Waals surface area contributed by atoms with Crippen LogP contribution < -0.4 is 15.5 Å². The molecule has 2 aromatic carbocycles. The van der Waals surface area contributed by atoms with Crippen LogP contribution in [0, 0.1) is 18.6 Å². The third-order valence-corrected chi connectivity index (χ3v) is 7.98. The number of nitrogens with one attached hydrogen (secondary N) is 2. The SMILES string of the molecule is COc1c(F)ccc(C(Nc2cccc3nc(C)ccc23)C(O)(CSC2=NI=NN2)C(F)(F)F)c1F. The third-order valence-electron chi connectivity index (χ3n) is 5.45. The van der Waals surface area contributed by atoms with E-state index in [2.05, 4.69) is 22.2 Å². The molecule has 0 saturated heterocycles. The van der Waals surface area contributed by atoms with Gasteiger partial charge in [-0.25, -0.2) is 14.2 Å². The molecule has 14 heteroatoms. The number of aromatic nitrogens is 1. The van der Waals surface area contributed by atoms with E-state index in [1.165, 1.54) is 6.07 Å². The Balaban J connectivity index is 1.87. The largest absolute Gasteiger partial charge is 0.491 e. The maximum absolute atomic E-state index is 15.4. The molecule has 2 atom stereocenters. The fourth-order valence-corrected chi connectivity index (χ4v) is 6.02. The third kappa shape index (κ3) is 5.11. The van der Waals surface area contributed by atoms with Crippen molar-refractivity contribution in [2.45, 2.75) is 24.7 Å². The molecule has 1 aromatic heterocycles. The number of anilines is 1. The monoisotopic (exact) mass is 639 g/mol. The van der Waals surface area contributed by atoms with Crippen LogP contribution in [-0.4, -0.2) is 39.9 Å². The van der Waals surface area contributed by atoms with Gasteiger partial charge in [0.05, 0.1) is 18.7 Å². The number of hydrogen-bond donors (Lipinski definition) is 3. The zero-order valence-corrected chi connectivity index (χ0v) is 21.7. The van der Waals surface area contributed by atoms with Crippen LogP contribution in [0.1, 0.15) is 17.3 Å². The first kappa shape index (κ1) is 26.5. The summed E-state index contributed by atoms with van der Waals surface area (Å²) in [7, 11) is 0.995. The summed E-state index contributed by atoms with van der Waals surface area (Å²) in [5.41, 5.74) is -0.325. The molecule has 2 heterocycles. The van der Waals surface area contributed by atoms with Crippen molar-refractivity contribution in [3.63, 3.8) is 0 Å². The van der Waals surface area contributed by atoms with E-state index in [0.29, 0.717) is 28.4 Å². The number of rotatable bonds is 7. The van der Waals surface area contributed by atoms with E-state index in [9.17, 15) is 22.7 Å². The van der Waals surface area contributed by atoms with Gasteiger partial charge < -0.3 is 15.2 Å². The summed E-state index contributed by atoms with van der Waals surface area (Å²) in [6.07, 6.45) is -5.24. The van der Waals surface area contributed by atoms with Crippen molar-refractivity contribution in [3.8, 4) is 5.75 Å². The minimum absolute atomic E-state index is 0.117.